The van der Waals surface area contributed by atoms with Gasteiger partial charge >= 0.3 is 0 Å². The van der Waals surface area contributed by atoms with Crippen LogP contribution in [0.3, 0.4) is 0 Å². The van der Waals surface area contributed by atoms with E-state index < -0.39 is 42.8 Å². The Bertz CT molecular complexity index is 275. The molecular weight excluding hydrogens is 220 g/mol. The summed E-state index contributed by atoms with van der Waals surface area (Å²) < 4.78 is 4.79. The van der Waals surface area contributed by atoms with Crippen molar-refractivity contribution in [2.24, 2.45) is 5.73 Å². The molecule has 0 unspecified atom stereocenters. The summed E-state index contributed by atoms with van der Waals surface area (Å²) in [6.45, 7) is 0.546. The maximum Gasteiger partial charge on any atom is 0.218 e. The van der Waals surface area contributed by atoms with Crippen molar-refractivity contribution in [1.29, 1.82) is 0 Å². The molecule has 1 saturated heterocycles. The summed E-state index contributed by atoms with van der Waals surface area (Å²) in [6, 6.07) is 0. The van der Waals surface area contributed by atoms with Crippen LogP contribution in [-0.4, -0.2) is 63.2 Å². The molecule has 0 spiro atoms. The average molecular weight is 236 g/mol. The first-order chi connectivity index (χ1) is 7.32. The zero-order chi connectivity index (χ0) is 12.5. The average Bonchev–Trinajstić information content (AvgIpc) is 2.20. The minimum Gasteiger partial charge on any atom is -0.394 e. The first kappa shape index (κ1) is 13.3. The van der Waals surface area contributed by atoms with Crippen LogP contribution in [0.2, 0.25) is 0 Å². The largest absolute Gasteiger partial charge is 0.394 e. The highest BCUT2D eigenvalue weighted by atomic mass is 16.6. The number of aliphatic hydroxyl groups is 4. The van der Waals surface area contributed by atoms with Crippen molar-refractivity contribution in [2.45, 2.75) is 37.2 Å². The molecule has 0 aromatic rings. The Morgan fingerprint density at radius 2 is 2.06 bits per heavy atom. The number of carbonyl (C=O) groups is 1. The number of carbonyl (C=O) groups excluding carboxylic acids is 1. The van der Waals surface area contributed by atoms with Gasteiger partial charge in [-0.25, -0.2) is 0 Å². The number of nitrogens with one attached hydrogen (secondary N) is 1. The quantitative estimate of drug-likeness (QED) is 0.270. The summed E-state index contributed by atoms with van der Waals surface area (Å²) >= 11 is 0. The van der Waals surface area contributed by atoms with Gasteiger partial charge in [-0.2, -0.15) is 0 Å². The molecule has 8 heteroatoms. The summed E-state index contributed by atoms with van der Waals surface area (Å²) in [5.74, 6) is -0.598. The van der Waals surface area contributed by atoms with Crippen LogP contribution in [0.4, 0.5) is 0 Å². The fraction of sp³-hybridized carbons (Fsp3) is 0.875. The van der Waals surface area contributed by atoms with Crippen molar-refractivity contribution in [3.63, 3.8) is 0 Å². The van der Waals surface area contributed by atoms with Crippen LogP contribution >= 0.6 is 0 Å². The van der Waals surface area contributed by atoms with E-state index in [9.17, 15) is 20.1 Å². The lowest BCUT2D eigenvalue weighted by molar-refractivity contribution is -0.282. The van der Waals surface area contributed by atoms with Gasteiger partial charge in [0.1, 0.15) is 18.3 Å². The van der Waals surface area contributed by atoms with Gasteiger partial charge in [-0.05, 0) is 0 Å². The summed E-state index contributed by atoms with van der Waals surface area (Å²) in [7, 11) is 0. The molecule has 0 bridgehead atoms. The minimum atomic E-state index is -2.00. The third-order valence-electron chi connectivity index (χ3n) is 2.48. The van der Waals surface area contributed by atoms with Crippen molar-refractivity contribution in [1.82, 2.24) is 5.32 Å². The second-order valence-electron chi connectivity index (χ2n) is 3.76. The zero-order valence-electron chi connectivity index (χ0n) is 8.70. The van der Waals surface area contributed by atoms with E-state index >= 15 is 0 Å². The Hall–Kier alpha value is -0.770. The second kappa shape index (κ2) is 4.62. The first-order valence-corrected chi connectivity index (χ1v) is 4.71. The highest BCUT2D eigenvalue weighted by Gasteiger charge is 2.53. The maximum absolute atomic E-state index is 10.9. The van der Waals surface area contributed by atoms with E-state index in [2.05, 4.69) is 5.32 Å². The molecule has 1 amide bonds. The van der Waals surface area contributed by atoms with E-state index in [0.29, 0.717) is 0 Å². The van der Waals surface area contributed by atoms with Gasteiger partial charge in [-0.15, -0.1) is 0 Å². The summed E-state index contributed by atoms with van der Waals surface area (Å²) in [6.07, 6.45) is -6.05. The standard InChI is InChI=1S/C8H16N2O6/c1-3(12)10-8(9)6(14)5(13)4(2-11)16-7(8)15/h4-7,11,13-15H,2,9H2,1H3,(H,10,12)/t4-,5-,6+,7-,8-/m1/s1. The van der Waals surface area contributed by atoms with Crippen LogP contribution < -0.4 is 11.1 Å². The van der Waals surface area contributed by atoms with Gasteiger partial charge < -0.3 is 36.2 Å². The number of rotatable bonds is 2. The van der Waals surface area contributed by atoms with Gasteiger partial charge in [0.25, 0.3) is 0 Å². The lowest BCUT2D eigenvalue weighted by Crippen LogP contribution is -2.77. The van der Waals surface area contributed by atoms with Crippen LogP contribution in [0, 0.1) is 0 Å². The van der Waals surface area contributed by atoms with Crippen LogP contribution in [0.5, 0.6) is 0 Å². The second-order valence-corrected chi connectivity index (χ2v) is 3.76. The summed E-state index contributed by atoms with van der Waals surface area (Å²) in [4.78, 5) is 10.9. The molecule has 1 aliphatic rings. The molecule has 0 aliphatic carbocycles. The lowest BCUT2D eigenvalue weighted by Gasteiger charge is -2.46. The van der Waals surface area contributed by atoms with Gasteiger partial charge in [-0.3, -0.25) is 4.79 Å². The smallest absolute Gasteiger partial charge is 0.218 e. The molecule has 7 N–H and O–H groups in total. The Kier molecular flexibility index (Phi) is 3.84. The van der Waals surface area contributed by atoms with E-state index in [1.54, 1.807) is 0 Å². The van der Waals surface area contributed by atoms with E-state index in [1.165, 1.54) is 0 Å². The van der Waals surface area contributed by atoms with Crippen molar-refractivity contribution in [2.75, 3.05) is 6.61 Å². The maximum atomic E-state index is 10.9. The molecule has 0 saturated carbocycles. The van der Waals surface area contributed by atoms with Gasteiger partial charge in [0.05, 0.1) is 6.61 Å². The van der Waals surface area contributed by atoms with Crippen molar-refractivity contribution in [3.05, 3.63) is 0 Å². The molecule has 5 atom stereocenters. The monoisotopic (exact) mass is 236 g/mol. The molecule has 94 valence electrons. The first-order valence-electron chi connectivity index (χ1n) is 4.71. The fourth-order valence-electron chi connectivity index (χ4n) is 1.58. The topological polar surface area (TPSA) is 145 Å². The van der Waals surface area contributed by atoms with Crippen LogP contribution in [-0.2, 0) is 9.53 Å². The summed E-state index contributed by atoms with van der Waals surface area (Å²) in [5.41, 5.74) is 3.55. The third kappa shape index (κ3) is 2.17. The van der Waals surface area contributed by atoms with Crippen molar-refractivity contribution < 1.29 is 30.0 Å². The Morgan fingerprint density at radius 3 is 2.50 bits per heavy atom. The highest BCUT2D eigenvalue weighted by Crippen LogP contribution is 2.24. The van der Waals surface area contributed by atoms with E-state index in [1.807, 2.05) is 0 Å². The molecule has 1 aliphatic heterocycles. The van der Waals surface area contributed by atoms with Gasteiger partial charge in [0.2, 0.25) is 5.91 Å². The minimum absolute atomic E-state index is 0.592. The SMILES string of the molecule is CC(=O)N[C@@]1(N)[C@H](O)O[C@H](CO)[C@@H](O)[C@@H]1O. The molecule has 0 aromatic carbocycles. The fourth-order valence-corrected chi connectivity index (χ4v) is 1.58. The Morgan fingerprint density at radius 1 is 1.50 bits per heavy atom. The predicted molar refractivity (Wildman–Crippen MR) is 50.7 cm³/mol. The van der Waals surface area contributed by atoms with Gasteiger partial charge in [-0.1, -0.05) is 0 Å². The Labute approximate surface area is 91.6 Å². The number of hydrogen-bond donors (Lipinski definition) is 6. The number of aliphatic hydroxyl groups excluding tert-OH is 4. The molecule has 0 aromatic heterocycles. The van der Waals surface area contributed by atoms with E-state index in [-0.39, 0.29) is 0 Å². The van der Waals surface area contributed by atoms with E-state index in [0.717, 1.165) is 6.92 Å². The van der Waals surface area contributed by atoms with E-state index in [4.69, 9.17) is 15.6 Å². The molecule has 1 fully saturated rings. The third-order valence-corrected chi connectivity index (χ3v) is 2.48. The number of nitrogens with two attached hydrogens (primary N) is 1. The molecular formula is C8H16N2O6. The molecule has 0 radical (unpaired) electrons. The number of hydrogen-bond acceptors (Lipinski definition) is 7. The summed E-state index contributed by atoms with van der Waals surface area (Å²) in [5, 5.41) is 39.6. The normalized spacial score (nSPS) is 44.1. The lowest BCUT2D eigenvalue weighted by atomic mass is 9.91. The zero-order valence-corrected chi connectivity index (χ0v) is 8.70. The van der Waals surface area contributed by atoms with Crippen LogP contribution in [0.1, 0.15) is 6.92 Å². The van der Waals surface area contributed by atoms with Gasteiger partial charge in [0.15, 0.2) is 12.0 Å². The molecule has 1 heterocycles. The molecule has 8 nitrogen and oxygen atoms in total. The predicted octanol–water partition coefficient (Wildman–Crippen LogP) is -3.79. The molecule has 1 rings (SSSR count). The van der Waals surface area contributed by atoms with Crippen molar-refractivity contribution in [3.8, 4) is 0 Å². The highest BCUT2D eigenvalue weighted by molar-refractivity contribution is 5.74. The number of amides is 1. The van der Waals surface area contributed by atoms with Crippen LogP contribution in [0.25, 0.3) is 0 Å². The van der Waals surface area contributed by atoms with Gasteiger partial charge in [0, 0.05) is 6.92 Å². The Balaban J connectivity index is 2.90. The number of ether oxygens (including phenoxy) is 1. The van der Waals surface area contributed by atoms with Crippen molar-refractivity contribution >= 4 is 5.91 Å². The molecule has 16 heavy (non-hydrogen) atoms. The van der Waals surface area contributed by atoms with Crippen LogP contribution in [0.15, 0.2) is 0 Å².